The van der Waals surface area contributed by atoms with Gasteiger partial charge in [-0.25, -0.2) is 9.98 Å². The molecule has 0 saturated carbocycles. The Hall–Kier alpha value is -3.34. The molecule has 182 valence electrons. The van der Waals surface area contributed by atoms with Gasteiger partial charge in [-0.3, -0.25) is 14.2 Å². The van der Waals surface area contributed by atoms with Crippen LogP contribution < -0.4 is 5.73 Å². The second kappa shape index (κ2) is 9.37. The molecule has 11 heteroatoms. The number of amides is 1. The summed E-state index contributed by atoms with van der Waals surface area (Å²) in [7, 11) is -2.56. The van der Waals surface area contributed by atoms with Crippen LogP contribution >= 0.6 is 11.6 Å². The second-order valence-electron chi connectivity index (χ2n) is 8.21. The van der Waals surface area contributed by atoms with Gasteiger partial charge in [0.15, 0.2) is 11.5 Å². The third-order valence-corrected chi connectivity index (χ3v) is 6.86. The number of aryl methyl sites for hydroxylation is 1. The molecule has 0 spiro atoms. The molecule has 0 saturated heterocycles. The van der Waals surface area contributed by atoms with Gasteiger partial charge in [-0.2, -0.15) is 12.8 Å². The number of aromatic nitrogens is 1. The molecule has 4 rings (SSSR count). The lowest BCUT2D eigenvalue weighted by molar-refractivity contribution is -0.129. The fourth-order valence-electron chi connectivity index (χ4n) is 4.13. The van der Waals surface area contributed by atoms with E-state index in [4.69, 9.17) is 21.9 Å². The Kier molecular flexibility index (Phi) is 6.63. The summed E-state index contributed by atoms with van der Waals surface area (Å²) in [6.45, 7) is 0. The van der Waals surface area contributed by atoms with E-state index in [2.05, 4.69) is 9.98 Å². The molecule has 2 heterocycles. The van der Waals surface area contributed by atoms with E-state index in [9.17, 15) is 17.6 Å². The van der Waals surface area contributed by atoms with Crippen LogP contribution in [0, 0.1) is 5.95 Å². The molecule has 3 N–H and O–H groups in total. The number of nitrogens with two attached hydrogens (primary N) is 1. The van der Waals surface area contributed by atoms with E-state index in [0.717, 1.165) is 5.56 Å². The standard InChI is InChI=1S/C24H22ClFN4O4S/c1-30-22(31)24(29-23(30)27,17-8-2-5-15(11-17)6-4-10-35(32,33)34)18-9-3-7-16(12-18)20-13-19(25)14-28-21(20)26/h2-3,5,7-9,11-14H,4,6,10H2,1H3,(H2,27,29)(H,32,33,34). The number of benzene rings is 2. The van der Waals surface area contributed by atoms with Crippen LogP contribution in [0.15, 0.2) is 65.8 Å². The number of halogens is 2. The lowest BCUT2D eigenvalue weighted by Gasteiger charge is -2.27. The van der Waals surface area contributed by atoms with E-state index in [1.54, 1.807) is 48.5 Å². The average molecular weight is 517 g/mol. The number of guanidine groups is 1. The molecule has 0 aliphatic carbocycles. The van der Waals surface area contributed by atoms with Crippen molar-refractivity contribution in [2.24, 2.45) is 10.7 Å². The van der Waals surface area contributed by atoms with Gasteiger partial charge < -0.3 is 5.73 Å². The van der Waals surface area contributed by atoms with Crippen LogP contribution in [-0.2, 0) is 26.9 Å². The number of hydrogen-bond acceptors (Lipinski definition) is 6. The number of aliphatic imine (C=N–C) groups is 1. The summed E-state index contributed by atoms with van der Waals surface area (Å²) < 4.78 is 45.7. The molecule has 8 nitrogen and oxygen atoms in total. The number of likely N-dealkylation sites (N-methyl/N-ethyl adjacent to an activating group) is 1. The van der Waals surface area contributed by atoms with Gasteiger partial charge in [-0.15, -0.1) is 0 Å². The highest BCUT2D eigenvalue weighted by Gasteiger charge is 2.49. The zero-order chi connectivity index (χ0) is 25.4. The maximum atomic E-state index is 14.5. The van der Waals surface area contributed by atoms with E-state index in [1.165, 1.54) is 24.2 Å². The van der Waals surface area contributed by atoms with Crippen LogP contribution in [0.3, 0.4) is 0 Å². The van der Waals surface area contributed by atoms with Crippen LogP contribution in [0.25, 0.3) is 11.1 Å². The molecule has 0 radical (unpaired) electrons. The number of hydrogen-bond donors (Lipinski definition) is 2. The normalized spacial score (nSPS) is 18.1. The van der Waals surface area contributed by atoms with E-state index >= 15 is 0 Å². The minimum atomic E-state index is -4.08. The number of carbonyl (C=O) groups excluding carboxylic acids is 1. The summed E-state index contributed by atoms with van der Waals surface area (Å²) in [5, 5.41) is 0.262. The molecule has 35 heavy (non-hydrogen) atoms. The molecule has 3 aromatic rings. The van der Waals surface area contributed by atoms with E-state index < -0.39 is 27.5 Å². The number of nitrogens with zero attached hydrogens (tertiary/aromatic N) is 3. The number of carbonyl (C=O) groups is 1. The fraction of sp³-hybridized carbons (Fsp3) is 0.208. The zero-order valence-corrected chi connectivity index (χ0v) is 20.2. The maximum Gasteiger partial charge on any atom is 0.266 e. The van der Waals surface area contributed by atoms with Gasteiger partial charge in [0.2, 0.25) is 5.95 Å². The maximum absolute atomic E-state index is 14.5. The highest BCUT2D eigenvalue weighted by Crippen LogP contribution is 2.41. The van der Waals surface area contributed by atoms with E-state index in [-0.39, 0.29) is 28.7 Å². The van der Waals surface area contributed by atoms with Gasteiger partial charge >= 0.3 is 0 Å². The molecule has 0 bridgehead atoms. The second-order valence-corrected chi connectivity index (χ2v) is 10.2. The Balaban J connectivity index is 1.83. The first-order valence-electron chi connectivity index (χ1n) is 10.6. The Morgan fingerprint density at radius 1 is 1.14 bits per heavy atom. The van der Waals surface area contributed by atoms with Gasteiger partial charge in [0.1, 0.15) is 0 Å². The lowest BCUT2D eigenvalue weighted by atomic mass is 9.81. The number of rotatable bonds is 7. The van der Waals surface area contributed by atoms with Gasteiger partial charge in [-0.1, -0.05) is 54.1 Å². The van der Waals surface area contributed by atoms with Crippen molar-refractivity contribution in [3.8, 4) is 11.1 Å². The van der Waals surface area contributed by atoms with Crippen molar-refractivity contribution in [2.45, 2.75) is 18.4 Å². The zero-order valence-electron chi connectivity index (χ0n) is 18.6. The quantitative estimate of drug-likeness (QED) is 0.366. The first kappa shape index (κ1) is 24.8. The predicted molar refractivity (Wildman–Crippen MR) is 131 cm³/mol. The molecule has 1 aliphatic heterocycles. The van der Waals surface area contributed by atoms with Crippen LogP contribution in [0.1, 0.15) is 23.1 Å². The molecule has 1 amide bonds. The van der Waals surface area contributed by atoms with Crippen molar-refractivity contribution in [3.05, 3.63) is 88.5 Å². The van der Waals surface area contributed by atoms with Crippen molar-refractivity contribution < 1.29 is 22.2 Å². The SMILES string of the molecule is CN1C(=O)C(c2cccc(CCCS(=O)(=O)O)c2)(c2cccc(-c3cc(Cl)cnc3F)c2)N=C1N. The van der Waals surface area contributed by atoms with Crippen molar-refractivity contribution in [3.63, 3.8) is 0 Å². The Morgan fingerprint density at radius 3 is 2.49 bits per heavy atom. The van der Waals surface area contributed by atoms with Crippen LogP contribution in [0.5, 0.6) is 0 Å². The highest BCUT2D eigenvalue weighted by atomic mass is 35.5. The minimum Gasteiger partial charge on any atom is -0.369 e. The Labute approximate surface area is 207 Å². The van der Waals surface area contributed by atoms with E-state index in [0.29, 0.717) is 23.1 Å². The van der Waals surface area contributed by atoms with Gasteiger partial charge in [-0.05, 0) is 47.2 Å². The molecular weight excluding hydrogens is 495 g/mol. The van der Waals surface area contributed by atoms with Crippen molar-refractivity contribution >= 4 is 33.6 Å². The Bertz CT molecular complexity index is 1450. The summed E-state index contributed by atoms with van der Waals surface area (Å²) in [5.41, 5.74) is 6.87. The van der Waals surface area contributed by atoms with Crippen LogP contribution in [-0.4, -0.2) is 47.5 Å². The lowest BCUT2D eigenvalue weighted by Crippen LogP contribution is -2.41. The summed E-state index contributed by atoms with van der Waals surface area (Å²) in [6.07, 6.45) is 1.76. The smallest absolute Gasteiger partial charge is 0.266 e. The van der Waals surface area contributed by atoms with E-state index in [1.807, 2.05) is 0 Å². The topological polar surface area (TPSA) is 126 Å². The molecule has 1 unspecified atom stereocenters. The minimum absolute atomic E-state index is 0.0211. The fourth-order valence-corrected chi connectivity index (χ4v) is 4.80. The predicted octanol–water partition coefficient (Wildman–Crippen LogP) is 3.39. The first-order valence-corrected chi connectivity index (χ1v) is 12.6. The summed E-state index contributed by atoms with van der Waals surface area (Å²) in [6, 6.07) is 15.2. The van der Waals surface area contributed by atoms with Crippen molar-refractivity contribution in [1.29, 1.82) is 0 Å². The average Bonchev–Trinajstić information content (AvgIpc) is 3.05. The molecule has 1 atom stereocenters. The van der Waals surface area contributed by atoms with Crippen LogP contribution in [0.4, 0.5) is 4.39 Å². The molecule has 1 aromatic heterocycles. The molecule has 0 fully saturated rings. The van der Waals surface area contributed by atoms with Crippen molar-refractivity contribution in [2.75, 3.05) is 12.8 Å². The van der Waals surface area contributed by atoms with Gasteiger partial charge in [0, 0.05) is 18.8 Å². The Morgan fingerprint density at radius 2 is 1.83 bits per heavy atom. The monoisotopic (exact) mass is 516 g/mol. The van der Waals surface area contributed by atoms with Gasteiger partial charge in [0.25, 0.3) is 16.0 Å². The van der Waals surface area contributed by atoms with Crippen molar-refractivity contribution in [1.82, 2.24) is 9.88 Å². The van der Waals surface area contributed by atoms with Gasteiger partial charge in [0.05, 0.1) is 10.8 Å². The molecule has 2 aromatic carbocycles. The molecular formula is C24H22ClFN4O4S. The van der Waals surface area contributed by atoms with Crippen LogP contribution in [0.2, 0.25) is 5.02 Å². The highest BCUT2D eigenvalue weighted by molar-refractivity contribution is 7.85. The summed E-state index contributed by atoms with van der Waals surface area (Å²) in [5.74, 6) is -1.46. The largest absolute Gasteiger partial charge is 0.369 e. The number of pyridine rings is 1. The third kappa shape index (κ3) is 4.90. The first-order chi connectivity index (χ1) is 16.5. The third-order valence-electron chi connectivity index (χ3n) is 5.85. The molecule has 1 aliphatic rings. The summed E-state index contributed by atoms with van der Waals surface area (Å²) >= 11 is 6.02. The summed E-state index contributed by atoms with van der Waals surface area (Å²) in [4.78, 5) is 23.1.